The molecule has 1 aliphatic heterocycles. The van der Waals surface area contributed by atoms with Crippen molar-refractivity contribution in [2.24, 2.45) is 0 Å². The fourth-order valence-corrected chi connectivity index (χ4v) is 4.74. The van der Waals surface area contributed by atoms with Crippen LogP contribution in [0.3, 0.4) is 0 Å². The van der Waals surface area contributed by atoms with Crippen molar-refractivity contribution in [3.05, 3.63) is 99.8 Å². The van der Waals surface area contributed by atoms with E-state index in [-0.39, 0.29) is 11.9 Å². The zero-order valence-corrected chi connectivity index (χ0v) is 17.6. The van der Waals surface area contributed by atoms with E-state index >= 15 is 0 Å². The van der Waals surface area contributed by atoms with Gasteiger partial charge in [0.1, 0.15) is 0 Å². The van der Waals surface area contributed by atoms with Crippen LogP contribution in [0.25, 0.3) is 11.0 Å². The van der Waals surface area contributed by atoms with Crippen LogP contribution in [0, 0.1) is 0 Å². The highest BCUT2D eigenvalue weighted by atomic mass is 35.5. The Balaban J connectivity index is 1.57. The van der Waals surface area contributed by atoms with Crippen molar-refractivity contribution in [2.45, 2.75) is 19.0 Å². The molecule has 1 atom stereocenters. The zero-order valence-electron chi connectivity index (χ0n) is 16.1. The van der Waals surface area contributed by atoms with Crippen LogP contribution in [-0.2, 0) is 13.0 Å². The van der Waals surface area contributed by atoms with Crippen molar-refractivity contribution in [3.63, 3.8) is 0 Å². The molecule has 30 heavy (non-hydrogen) atoms. The Morgan fingerprint density at radius 1 is 1.03 bits per heavy atom. The van der Waals surface area contributed by atoms with Crippen LogP contribution in [-0.4, -0.2) is 26.9 Å². The number of hydrogen-bond acceptors (Lipinski definition) is 2. The van der Waals surface area contributed by atoms with Crippen LogP contribution in [0.1, 0.15) is 27.5 Å². The summed E-state index contributed by atoms with van der Waals surface area (Å²) in [7, 11) is 0. The number of aromatic nitrogens is 2. The highest BCUT2D eigenvalue weighted by Crippen LogP contribution is 2.34. The first kappa shape index (κ1) is 19.2. The summed E-state index contributed by atoms with van der Waals surface area (Å²) < 4.78 is 2.12. The van der Waals surface area contributed by atoms with Gasteiger partial charge >= 0.3 is 0 Å². The molecule has 1 amide bonds. The monoisotopic (exact) mass is 435 g/mol. The van der Waals surface area contributed by atoms with Gasteiger partial charge in [0.2, 0.25) is 0 Å². The van der Waals surface area contributed by atoms with Gasteiger partial charge < -0.3 is 9.47 Å². The number of fused-ring (bicyclic) bond motifs is 2. The Hall–Kier alpha value is -2.82. The van der Waals surface area contributed by atoms with Crippen LogP contribution in [0.5, 0.6) is 0 Å². The third-order valence-electron chi connectivity index (χ3n) is 5.73. The van der Waals surface area contributed by atoms with Crippen molar-refractivity contribution in [3.8, 4) is 0 Å². The molecular weight excluding hydrogens is 417 g/mol. The van der Waals surface area contributed by atoms with Gasteiger partial charge in [-0.1, -0.05) is 59.6 Å². The molecule has 0 spiro atoms. The Morgan fingerprint density at radius 2 is 1.83 bits per heavy atom. The van der Waals surface area contributed by atoms with Gasteiger partial charge in [-0.2, -0.15) is 0 Å². The average Bonchev–Trinajstić information content (AvgIpc) is 3.16. The molecule has 3 aromatic carbocycles. The maximum Gasteiger partial charge on any atom is 0.255 e. The molecule has 1 aliphatic rings. The van der Waals surface area contributed by atoms with Crippen molar-refractivity contribution in [2.75, 3.05) is 6.54 Å². The molecule has 150 valence electrons. The minimum Gasteiger partial charge on any atom is -0.329 e. The summed E-state index contributed by atoms with van der Waals surface area (Å²) in [5.41, 5.74) is 4.91. The van der Waals surface area contributed by atoms with Gasteiger partial charge in [-0.25, -0.2) is 4.98 Å². The Labute approximate surface area is 184 Å². The summed E-state index contributed by atoms with van der Waals surface area (Å²) in [6, 6.07) is 21.3. The van der Waals surface area contributed by atoms with E-state index in [4.69, 9.17) is 23.2 Å². The van der Waals surface area contributed by atoms with Gasteiger partial charge in [-0.3, -0.25) is 4.79 Å². The molecule has 2 heterocycles. The van der Waals surface area contributed by atoms with Crippen LogP contribution in [0.15, 0.2) is 73.1 Å². The van der Waals surface area contributed by atoms with E-state index in [2.05, 4.69) is 33.8 Å². The maximum absolute atomic E-state index is 13.5. The summed E-state index contributed by atoms with van der Waals surface area (Å²) in [5, 5.41) is 0.889. The van der Waals surface area contributed by atoms with Crippen molar-refractivity contribution in [1.29, 1.82) is 0 Å². The fourth-order valence-electron chi connectivity index (χ4n) is 4.25. The normalized spacial score (nSPS) is 15.9. The van der Waals surface area contributed by atoms with Gasteiger partial charge in [0.15, 0.2) is 0 Å². The molecule has 4 aromatic rings. The number of amides is 1. The summed E-state index contributed by atoms with van der Waals surface area (Å²) in [6.45, 7) is 1.25. The van der Waals surface area contributed by atoms with E-state index < -0.39 is 0 Å². The lowest BCUT2D eigenvalue weighted by molar-refractivity contribution is 0.0642. The molecule has 0 radical (unpaired) electrons. The number of rotatable bonds is 3. The quantitative estimate of drug-likeness (QED) is 0.408. The van der Waals surface area contributed by atoms with E-state index in [9.17, 15) is 4.79 Å². The molecule has 0 saturated carbocycles. The molecular formula is C24H19Cl2N3O. The molecule has 0 N–H and O–H groups in total. The summed E-state index contributed by atoms with van der Waals surface area (Å²) >= 11 is 12.4. The van der Waals surface area contributed by atoms with Gasteiger partial charge in [-0.05, 0) is 47.9 Å². The Bertz CT molecular complexity index is 1250. The number of halogens is 2. The molecule has 0 fully saturated rings. The Morgan fingerprint density at radius 3 is 2.70 bits per heavy atom. The number of nitrogens with zero attached hydrogens (tertiary/aromatic N) is 3. The third-order valence-corrected chi connectivity index (χ3v) is 6.28. The van der Waals surface area contributed by atoms with Gasteiger partial charge in [0.25, 0.3) is 5.91 Å². The highest BCUT2D eigenvalue weighted by Gasteiger charge is 2.32. The second kappa shape index (κ2) is 7.78. The van der Waals surface area contributed by atoms with Gasteiger partial charge in [0.05, 0.1) is 34.0 Å². The molecule has 6 heteroatoms. The fraction of sp³-hybridized carbons (Fsp3) is 0.167. The van der Waals surface area contributed by atoms with Crippen molar-refractivity contribution >= 4 is 40.1 Å². The summed E-state index contributed by atoms with van der Waals surface area (Å²) in [4.78, 5) is 20.0. The lowest BCUT2D eigenvalue weighted by atomic mass is 9.91. The molecule has 0 saturated heterocycles. The SMILES string of the molecule is O=C(c1ccc(Cl)cc1Cl)N1CCc2ccccc2C1Cn1cnc2ccccc21. The molecule has 5 rings (SSSR count). The number of imidazole rings is 1. The van der Waals surface area contributed by atoms with Crippen LogP contribution < -0.4 is 0 Å². The van der Waals surface area contributed by atoms with E-state index in [1.165, 1.54) is 11.1 Å². The smallest absolute Gasteiger partial charge is 0.255 e. The van der Waals surface area contributed by atoms with Gasteiger partial charge in [-0.15, -0.1) is 0 Å². The molecule has 1 unspecified atom stereocenters. The van der Waals surface area contributed by atoms with Crippen LogP contribution in [0.4, 0.5) is 0 Å². The second-order valence-electron chi connectivity index (χ2n) is 7.47. The largest absolute Gasteiger partial charge is 0.329 e. The minimum absolute atomic E-state index is 0.0828. The number of benzene rings is 3. The molecule has 4 nitrogen and oxygen atoms in total. The predicted molar refractivity (Wildman–Crippen MR) is 120 cm³/mol. The van der Waals surface area contributed by atoms with E-state index in [1.54, 1.807) is 18.2 Å². The van der Waals surface area contributed by atoms with Gasteiger partial charge in [0, 0.05) is 18.1 Å². The standard InChI is InChI=1S/C24H19Cl2N3O/c25-17-9-10-19(20(26)13-17)24(30)29-12-11-16-5-1-2-6-18(16)23(29)14-28-15-27-21-7-3-4-8-22(21)28/h1-10,13,15,23H,11-12,14H2. The van der Waals surface area contributed by atoms with Crippen LogP contribution in [0.2, 0.25) is 10.0 Å². The van der Waals surface area contributed by atoms with Crippen LogP contribution >= 0.6 is 23.2 Å². The predicted octanol–water partition coefficient (Wildman–Crippen LogP) is 5.78. The number of carbonyl (C=O) groups excluding carboxylic acids is 1. The van der Waals surface area contributed by atoms with E-state index in [0.29, 0.717) is 28.7 Å². The summed E-state index contributed by atoms with van der Waals surface area (Å²) in [5.74, 6) is -0.0828. The lowest BCUT2D eigenvalue weighted by Gasteiger charge is -2.38. The number of carbonyl (C=O) groups is 1. The third kappa shape index (κ3) is 3.36. The topological polar surface area (TPSA) is 38.1 Å². The van der Waals surface area contributed by atoms with E-state index in [1.807, 2.05) is 35.5 Å². The summed E-state index contributed by atoms with van der Waals surface area (Å²) in [6.07, 6.45) is 2.66. The second-order valence-corrected chi connectivity index (χ2v) is 8.32. The molecule has 1 aromatic heterocycles. The van der Waals surface area contributed by atoms with E-state index in [0.717, 1.165) is 17.5 Å². The highest BCUT2D eigenvalue weighted by molar-refractivity contribution is 6.36. The first-order chi connectivity index (χ1) is 14.6. The minimum atomic E-state index is -0.119. The molecule has 0 bridgehead atoms. The molecule has 0 aliphatic carbocycles. The lowest BCUT2D eigenvalue weighted by Crippen LogP contribution is -2.42. The Kier molecular flexibility index (Phi) is 4.97. The van der Waals surface area contributed by atoms with Crippen molar-refractivity contribution in [1.82, 2.24) is 14.5 Å². The van der Waals surface area contributed by atoms with Crippen molar-refractivity contribution < 1.29 is 4.79 Å². The maximum atomic E-state index is 13.5. The average molecular weight is 436 g/mol. The number of hydrogen-bond donors (Lipinski definition) is 0. The zero-order chi connectivity index (χ0) is 20.7. The number of para-hydroxylation sites is 2. The first-order valence-electron chi connectivity index (χ1n) is 9.85. The first-order valence-corrected chi connectivity index (χ1v) is 10.6.